The molecule has 4 heteroatoms. The van der Waals surface area contributed by atoms with Crippen LogP contribution < -0.4 is 9.64 Å². The Kier molecular flexibility index (Phi) is 7.23. The van der Waals surface area contributed by atoms with Gasteiger partial charge in [0.1, 0.15) is 5.75 Å². The van der Waals surface area contributed by atoms with Crippen LogP contribution in [0.3, 0.4) is 0 Å². The minimum absolute atomic E-state index is 0.0239. The summed E-state index contributed by atoms with van der Waals surface area (Å²) in [5, 5.41) is 0. The summed E-state index contributed by atoms with van der Waals surface area (Å²) in [6, 6.07) is 6.14. The maximum absolute atomic E-state index is 12.1. The lowest BCUT2D eigenvalue weighted by molar-refractivity contribution is 0.101. The fourth-order valence-electron chi connectivity index (χ4n) is 2.70. The molecule has 1 aromatic carbocycles. The first-order chi connectivity index (χ1) is 10.1. The van der Waals surface area contributed by atoms with E-state index in [2.05, 4.69) is 18.7 Å². The van der Waals surface area contributed by atoms with Crippen molar-refractivity contribution in [3.63, 3.8) is 0 Å². The van der Waals surface area contributed by atoms with Crippen LogP contribution in [0.4, 0.5) is 5.69 Å². The van der Waals surface area contributed by atoms with E-state index in [4.69, 9.17) is 9.47 Å². The Bertz CT molecular complexity index is 455. The van der Waals surface area contributed by atoms with E-state index in [1.807, 2.05) is 18.2 Å². The lowest BCUT2D eigenvalue weighted by Gasteiger charge is -2.34. The minimum atomic E-state index is 0.0239. The highest BCUT2D eigenvalue weighted by Crippen LogP contribution is 2.32. The van der Waals surface area contributed by atoms with Crippen LogP contribution in [0.25, 0.3) is 0 Å². The van der Waals surface area contributed by atoms with Crippen molar-refractivity contribution in [1.82, 2.24) is 0 Å². The van der Waals surface area contributed by atoms with Crippen molar-refractivity contribution in [2.75, 3.05) is 32.3 Å². The van der Waals surface area contributed by atoms with Crippen LogP contribution in [0, 0.1) is 0 Å². The summed E-state index contributed by atoms with van der Waals surface area (Å²) in [7, 11) is 3.30. The summed E-state index contributed by atoms with van der Waals surface area (Å²) in [6.45, 7) is 7.31. The molecule has 0 aliphatic rings. The van der Waals surface area contributed by atoms with E-state index >= 15 is 0 Å². The zero-order chi connectivity index (χ0) is 15.8. The second-order valence-electron chi connectivity index (χ2n) is 5.07. The molecule has 0 aliphatic heterocycles. The van der Waals surface area contributed by atoms with Gasteiger partial charge in [-0.25, -0.2) is 0 Å². The molecule has 0 fully saturated rings. The van der Waals surface area contributed by atoms with Crippen molar-refractivity contribution >= 4 is 11.5 Å². The molecule has 0 saturated heterocycles. The van der Waals surface area contributed by atoms with Crippen molar-refractivity contribution in [2.45, 2.75) is 39.7 Å². The molecule has 0 spiro atoms. The third kappa shape index (κ3) is 4.21. The number of benzene rings is 1. The van der Waals surface area contributed by atoms with E-state index in [0.29, 0.717) is 24.0 Å². The Morgan fingerprint density at radius 2 is 1.90 bits per heavy atom. The lowest BCUT2D eigenvalue weighted by Crippen LogP contribution is -2.38. The van der Waals surface area contributed by atoms with Crippen molar-refractivity contribution < 1.29 is 14.3 Å². The van der Waals surface area contributed by atoms with Crippen LogP contribution in [0.5, 0.6) is 5.75 Å². The predicted octanol–water partition coefficient (Wildman–Crippen LogP) is 3.54. The lowest BCUT2D eigenvalue weighted by atomic mass is 10.0. The van der Waals surface area contributed by atoms with E-state index in [1.54, 1.807) is 21.1 Å². The van der Waals surface area contributed by atoms with Crippen LogP contribution in [0.1, 0.15) is 44.0 Å². The van der Waals surface area contributed by atoms with Gasteiger partial charge in [0.05, 0.1) is 25.0 Å². The molecular formula is C17H27NO3. The first-order valence-corrected chi connectivity index (χ1v) is 7.54. The van der Waals surface area contributed by atoms with Gasteiger partial charge in [0.2, 0.25) is 0 Å². The van der Waals surface area contributed by atoms with Crippen LogP contribution in [0.15, 0.2) is 18.2 Å². The summed E-state index contributed by atoms with van der Waals surface area (Å²) in [5.41, 5.74) is 1.59. The number of ketones is 1. The molecule has 0 N–H and O–H groups in total. The maximum Gasteiger partial charge on any atom is 0.165 e. The van der Waals surface area contributed by atoms with Gasteiger partial charge in [-0.2, -0.15) is 0 Å². The highest BCUT2D eigenvalue weighted by Gasteiger charge is 2.22. The van der Waals surface area contributed by atoms with E-state index in [1.165, 1.54) is 0 Å². The minimum Gasteiger partial charge on any atom is -0.496 e. The molecular weight excluding hydrogens is 266 g/mol. The number of carbonyl (C=O) groups is 1. The molecule has 0 aromatic heterocycles. The smallest absolute Gasteiger partial charge is 0.165 e. The zero-order valence-electron chi connectivity index (χ0n) is 13.8. The van der Waals surface area contributed by atoms with E-state index < -0.39 is 0 Å². The number of nitrogens with zero attached hydrogens (tertiary/aromatic N) is 1. The zero-order valence-corrected chi connectivity index (χ0v) is 13.8. The Hall–Kier alpha value is -1.55. The average molecular weight is 293 g/mol. The summed E-state index contributed by atoms with van der Waals surface area (Å²) in [6.07, 6.45) is 2.05. The van der Waals surface area contributed by atoms with Crippen LogP contribution in [-0.2, 0) is 4.74 Å². The molecule has 0 unspecified atom stereocenters. The largest absolute Gasteiger partial charge is 0.496 e. The number of Topliss-reactive ketones (excluding diaryl/α,β-unsaturated/α-hetero) is 1. The highest BCUT2D eigenvalue weighted by molar-refractivity contribution is 6.02. The van der Waals surface area contributed by atoms with Crippen LogP contribution >= 0.6 is 0 Å². The molecule has 0 amide bonds. The van der Waals surface area contributed by atoms with E-state index in [9.17, 15) is 4.79 Å². The van der Waals surface area contributed by atoms with Crippen LogP contribution in [0.2, 0.25) is 0 Å². The van der Waals surface area contributed by atoms with Gasteiger partial charge in [0.25, 0.3) is 0 Å². The first kappa shape index (κ1) is 17.5. The Morgan fingerprint density at radius 3 is 2.38 bits per heavy atom. The standard InChI is InChI=1S/C17H27NO3/c1-6-14(7-2)18(11-12-20-4)15-9-8-10-16(21-5)17(15)13(3)19/h8-10,14H,6-7,11-12H2,1-5H3. The number of methoxy groups -OCH3 is 2. The summed E-state index contributed by atoms with van der Waals surface area (Å²) >= 11 is 0. The Balaban J connectivity index is 3.31. The number of carbonyl (C=O) groups excluding carboxylic acids is 1. The monoisotopic (exact) mass is 293 g/mol. The highest BCUT2D eigenvalue weighted by atomic mass is 16.5. The first-order valence-electron chi connectivity index (χ1n) is 7.54. The summed E-state index contributed by atoms with van der Waals surface area (Å²) in [4.78, 5) is 14.4. The second-order valence-corrected chi connectivity index (χ2v) is 5.07. The van der Waals surface area contributed by atoms with E-state index in [0.717, 1.165) is 25.1 Å². The van der Waals surface area contributed by atoms with Gasteiger partial charge in [-0.1, -0.05) is 19.9 Å². The molecule has 0 aliphatic carbocycles. The fourth-order valence-corrected chi connectivity index (χ4v) is 2.70. The Labute approximate surface area is 128 Å². The topological polar surface area (TPSA) is 38.8 Å². The molecule has 118 valence electrons. The van der Waals surface area contributed by atoms with Gasteiger partial charge < -0.3 is 14.4 Å². The summed E-state index contributed by atoms with van der Waals surface area (Å²) < 4.78 is 10.6. The van der Waals surface area contributed by atoms with E-state index in [-0.39, 0.29) is 5.78 Å². The van der Waals surface area contributed by atoms with Gasteiger partial charge in [-0.05, 0) is 31.9 Å². The number of anilines is 1. The third-order valence-electron chi connectivity index (χ3n) is 3.81. The molecule has 1 rings (SSSR count). The molecule has 21 heavy (non-hydrogen) atoms. The Morgan fingerprint density at radius 1 is 1.24 bits per heavy atom. The third-order valence-corrected chi connectivity index (χ3v) is 3.81. The molecule has 0 radical (unpaired) electrons. The van der Waals surface area contributed by atoms with Gasteiger partial charge >= 0.3 is 0 Å². The van der Waals surface area contributed by atoms with Gasteiger partial charge in [-0.3, -0.25) is 4.79 Å². The maximum atomic E-state index is 12.1. The van der Waals surface area contributed by atoms with Gasteiger partial charge in [0, 0.05) is 19.7 Å². The van der Waals surface area contributed by atoms with Crippen molar-refractivity contribution in [3.05, 3.63) is 23.8 Å². The van der Waals surface area contributed by atoms with Crippen molar-refractivity contribution in [3.8, 4) is 5.75 Å². The quantitative estimate of drug-likeness (QED) is 0.653. The van der Waals surface area contributed by atoms with Gasteiger partial charge in [0.15, 0.2) is 5.78 Å². The fraction of sp³-hybridized carbons (Fsp3) is 0.588. The number of rotatable bonds is 9. The molecule has 4 nitrogen and oxygen atoms in total. The normalized spacial score (nSPS) is 10.8. The van der Waals surface area contributed by atoms with Crippen molar-refractivity contribution in [2.24, 2.45) is 0 Å². The molecule has 0 saturated carbocycles. The van der Waals surface area contributed by atoms with Gasteiger partial charge in [-0.15, -0.1) is 0 Å². The predicted molar refractivity (Wildman–Crippen MR) is 86.6 cm³/mol. The molecule has 0 heterocycles. The number of hydrogen-bond acceptors (Lipinski definition) is 4. The second kappa shape index (κ2) is 8.67. The number of hydrogen-bond donors (Lipinski definition) is 0. The number of ether oxygens (including phenoxy) is 2. The summed E-state index contributed by atoms with van der Waals surface area (Å²) in [5.74, 6) is 0.657. The van der Waals surface area contributed by atoms with Crippen LogP contribution in [-0.4, -0.2) is 39.2 Å². The molecule has 0 bridgehead atoms. The molecule has 1 aromatic rings. The molecule has 0 atom stereocenters. The SMILES string of the molecule is CCC(CC)N(CCOC)c1cccc(OC)c1C(C)=O. The average Bonchev–Trinajstić information content (AvgIpc) is 2.50. The van der Waals surface area contributed by atoms with Crippen molar-refractivity contribution in [1.29, 1.82) is 0 Å².